The molecule has 0 atom stereocenters. The first-order valence-electron chi connectivity index (χ1n) is 9.84. The Labute approximate surface area is 168 Å². The van der Waals surface area contributed by atoms with Crippen LogP contribution in [-0.2, 0) is 23.8 Å². The Morgan fingerprint density at radius 3 is 2.38 bits per heavy atom. The van der Waals surface area contributed by atoms with Gasteiger partial charge in [-0.25, -0.2) is 4.98 Å². The summed E-state index contributed by atoms with van der Waals surface area (Å²) in [6.07, 6.45) is -1.57. The molecule has 0 unspecified atom stereocenters. The molecule has 1 aromatic carbocycles. The van der Waals surface area contributed by atoms with E-state index in [0.717, 1.165) is 17.5 Å². The Morgan fingerprint density at radius 1 is 1.10 bits per heavy atom. The highest BCUT2D eigenvalue weighted by Gasteiger charge is 2.36. The van der Waals surface area contributed by atoms with Crippen LogP contribution in [0, 0.1) is 0 Å². The van der Waals surface area contributed by atoms with Crippen LogP contribution >= 0.6 is 0 Å². The molecule has 1 aliphatic heterocycles. The molecule has 6 nitrogen and oxygen atoms in total. The van der Waals surface area contributed by atoms with Gasteiger partial charge in [-0.05, 0) is 43.9 Å². The number of hydrogen-bond acceptors (Lipinski definition) is 6. The summed E-state index contributed by atoms with van der Waals surface area (Å²) in [5, 5.41) is 11.0. The maximum atomic E-state index is 13.8. The van der Waals surface area contributed by atoms with E-state index in [1.54, 1.807) is 18.1 Å². The molecule has 29 heavy (non-hydrogen) atoms. The van der Waals surface area contributed by atoms with E-state index in [9.17, 15) is 13.2 Å². The highest BCUT2D eigenvalue weighted by atomic mass is 19.4. The smallest absolute Gasteiger partial charge is 0.381 e. The molecule has 1 saturated heterocycles. The minimum absolute atomic E-state index is 0.102. The highest BCUT2D eigenvalue weighted by Crippen LogP contribution is 2.39. The van der Waals surface area contributed by atoms with Gasteiger partial charge in [-0.15, -0.1) is 10.2 Å². The molecule has 0 bridgehead atoms. The lowest BCUT2D eigenvalue weighted by Gasteiger charge is -2.34. The first kappa shape index (κ1) is 21.3. The van der Waals surface area contributed by atoms with Crippen LogP contribution in [0.25, 0.3) is 0 Å². The summed E-state index contributed by atoms with van der Waals surface area (Å²) in [5.74, 6) is 0.195. The number of nitrogens with one attached hydrogen (secondary N) is 1. The van der Waals surface area contributed by atoms with Crippen molar-refractivity contribution in [2.24, 2.45) is 0 Å². The van der Waals surface area contributed by atoms with Gasteiger partial charge < -0.3 is 15.0 Å². The molecule has 0 saturated carbocycles. The summed E-state index contributed by atoms with van der Waals surface area (Å²) in [5.41, 5.74) is 1.38. The van der Waals surface area contributed by atoms with Gasteiger partial charge in [0.15, 0.2) is 0 Å². The minimum atomic E-state index is -4.47. The largest absolute Gasteiger partial charge is 0.418 e. The molecule has 1 fully saturated rings. The maximum Gasteiger partial charge on any atom is 0.418 e. The van der Waals surface area contributed by atoms with Gasteiger partial charge in [-0.3, -0.25) is 0 Å². The average molecular weight is 409 g/mol. The van der Waals surface area contributed by atoms with E-state index < -0.39 is 11.7 Å². The number of anilines is 3. The van der Waals surface area contributed by atoms with E-state index in [1.165, 1.54) is 6.07 Å². The molecule has 158 valence electrons. The number of aromatic nitrogens is 3. The average Bonchev–Trinajstić information content (AvgIpc) is 2.73. The Bertz CT molecular complexity index is 835. The standard InChI is InChI=1S/C20H26F3N5O/c1-4-16-17(5-2)26-27-19(25-16)24-13-6-7-18(15(12-13)20(21,22)23)28-10-8-14(29-3)9-11-28/h6-7,12,14H,4-5,8-11H2,1-3H3,(H,24,25,27). The van der Waals surface area contributed by atoms with E-state index in [0.29, 0.717) is 38.8 Å². The molecule has 0 radical (unpaired) electrons. The van der Waals surface area contributed by atoms with Crippen LogP contribution in [0.1, 0.15) is 43.6 Å². The van der Waals surface area contributed by atoms with Gasteiger partial charge >= 0.3 is 6.18 Å². The van der Waals surface area contributed by atoms with Crippen molar-refractivity contribution in [3.63, 3.8) is 0 Å². The number of methoxy groups -OCH3 is 1. The number of ether oxygens (including phenoxy) is 1. The number of benzene rings is 1. The van der Waals surface area contributed by atoms with Crippen molar-refractivity contribution >= 4 is 17.3 Å². The Hall–Kier alpha value is -2.42. The topological polar surface area (TPSA) is 63.2 Å². The number of halogens is 3. The van der Waals surface area contributed by atoms with Gasteiger partial charge in [0, 0.05) is 31.6 Å². The zero-order valence-corrected chi connectivity index (χ0v) is 16.9. The van der Waals surface area contributed by atoms with Crippen LogP contribution in [0.3, 0.4) is 0 Å². The molecular formula is C20H26F3N5O. The number of piperidine rings is 1. The SMILES string of the molecule is CCc1nnc(Nc2ccc(N3CCC(OC)CC3)c(C(F)(F)F)c2)nc1CC. The maximum absolute atomic E-state index is 13.8. The fraction of sp³-hybridized carbons (Fsp3) is 0.550. The second-order valence-corrected chi connectivity index (χ2v) is 7.01. The Morgan fingerprint density at radius 2 is 1.79 bits per heavy atom. The first-order chi connectivity index (χ1) is 13.9. The lowest BCUT2D eigenvalue weighted by Crippen LogP contribution is -2.37. The number of aryl methyl sites for hydroxylation is 2. The van der Waals surface area contributed by atoms with Crippen molar-refractivity contribution in [2.45, 2.75) is 51.8 Å². The van der Waals surface area contributed by atoms with Crippen molar-refractivity contribution in [1.29, 1.82) is 0 Å². The van der Waals surface area contributed by atoms with Crippen LogP contribution in [0.4, 0.5) is 30.5 Å². The zero-order valence-electron chi connectivity index (χ0n) is 16.9. The molecule has 0 spiro atoms. The normalized spacial score (nSPS) is 15.6. The molecule has 0 amide bonds. The van der Waals surface area contributed by atoms with E-state index in [4.69, 9.17) is 4.74 Å². The van der Waals surface area contributed by atoms with Crippen molar-refractivity contribution in [3.05, 3.63) is 35.2 Å². The second kappa shape index (κ2) is 8.94. The molecule has 9 heteroatoms. The lowest BCUT2D eigenvalue weighted by atomic mass is 10.0. The quantitative estimate of drug-likeness (QED) is 0.764. The molecule has 1 N–H and O–H groups in total. The van der Waals surface area contributed by atoms with Crippen LogP contribution < -0.4 is 10.2 Å². The number of hydrogen-bond donors (Lipinski definition) is 1. The molecule has 3 rings (SSSR count). The molecular weight excluding hydrogens is 383 g/mol. The van der Waals surface area contributed by atoms with Gasteiger partial charge in [0.05, 0.1) is 23.1 Å². The molecule has 1 aromatic heterocycles. The zero-order chi connectivity index (χ0) is 21.0. The predicted molar refractivity (Wildman–Crippen MR) is 106 cm³/mol. The number of nitrogens with zero attached hydrogens (tertiary/aromatic N) is 4. The van der Waals surface area contributed by atoms with E-state index in [-0.39, 0.29) is 23.4 Å². The third kappa shape index (κ3) is 4.95. The highest BCUT2D eigenvalue weighted by molar-refractivity contribution is 5.65. The Balaban J connectivity index is 1.86. The van der Waals surface area contributed by atoms with Crippen molar-refractivity contribution < 1.29 is 17.9 Å². The van der Waals surface area contributed by atoms with Crippen molar-refractivity contribution in [1.82, 2.24) is 15.2 Å². The van der Waals surface area contributed by atoms with Gasteiger partial charge in [-0.2, -0.15) is 13.2 Å². The fourth-order valence-corrected chi connectivity index (χ4v) is 3.57. The second-order valence-electron chi connectivity index (χ2n) is 7.01. The molecule has 1 aliphatic rings. The number of rotatable bonds is 6. The van der Waals surface area contributed by atoms with Gasteiger partial charge in [-0.1, -0.05) is 13.8 Å². The van der Waals surface area contributed by atoms with Crippen LogP contribution in [0.2, 0.25) is 0 Å². The molecule has 0 aliphatic carbocycles. The van der Waals surface area contributed by atoms with Gasteiger partial charge in [0.1, 0.15) is 0 Å². The molecule has 2 heterocycles. The molecule has 2 aromatic rings. The summed E-state index contributed by atoms with van der Waals surface area (Å²) in [6.45, 7) is 4.97. The van der Waals surface area contributed by atoms with Crippen molar-refractivity contribution in [3.8, 4) is 0 Å². The van der Waals surface area contributed by atoms with Crippen LogP contribution in [0.15, 0.2) is 18.2 Å². The van der Waals surface area contributed by atoms with Gasteiger partial charge in [0.2, 0.25) is 5.95 Å². The lowest BCUT2D eigenvalue weighted by molar-refractivity contribution is -0.137. The van der Waals surface area contributed by atoms with Crippen molar-refractivity contribution in [2.75, 3.05) is 30.4 Å². The summed E-state index contributed by atoms with van der Waals surface area (Å²) in [7, 11) is 1.63. The summed E-state index contributed by atoms with van der Waals surface area (Å²) in [4.78, 5) is 6.16. The van der Waals surface area contributed by atoms with E-state index >= 15 is 0 Å². The van der Waals surface area contributed by atoms with Crippen LogP contribution in [0.5, 0.6) is 0 Å². The minimum Gasteiger partial charge on any atom is -0.381 e. The van der Waals surface area contributed by atoms with Crippen LogP contribution in [-0.4, -0.2) is 41.5 Å². The summed E-state index contributed by atoms with van der Waals surface area (Å²) in [6, 6.07) is 4.24. The van der Waals surface area contributed by atoms with E-state index in [1.807, 2.05) is 13.8 Å². The fourth-order valence-electron chi connectivity index (χ4n) is 3.57. The van der Waals surface area contributed by atoms with Gasteiger partial charge in [0.25, 0.3) is 0 Å². The Kier molecular flexibility index (Phi) is 6.56. The monoisotopic (exact) mass is 409 g/mol. The first-order valence-corrected chi connectivity index (χ1v) is 9.84. The third-order valence-corrected chi connectivity index (χ3v) is 5.18. The number of alkyl halides is 3. The predicted octanol–water partition coefficient (Wildman–Crippen LogP) is 4.37. The summed E-state index contributed by atoms with van der Waals surface area (Å²) >= 11 is 0. The van der Waals surface area contributed by atoms with E-state index in [2.05, 4.69) is 20.5 Å². The summed E-state index contributed by atoms with van der Waals surface area (Å²) < 4.78 is 46.6. The third-order valence-electron chi connectivity index (χ3n) is 5.18.